The minimum atomic E-state index is -1.20. The number of hydrogen-bond acceptors (Lipinski definition) is 3. The third kappa shape index (κ3) is 3.24. The predicted octanol–water partition coefficient (Wildman–Crippen LogP) is 2.83. The Labute approximate surface area is 118 Å². The van der Waals surface area contributed by atoms with Gasteiger partial charge in [0.15, 0.2) is 11.7 Å². The van der Waals surface area contributed by atoms with Crippen LogP contribution in [0.25, 0.3) is 0 Å². The molecule has 0 saturated heterocycles. The second-order valence-corrected chi connectivity index (χ2v) is 5.30. The van der Waals surface area contributed by atoms with E-state index in [1.165, 1.54) is 0 Å². The highest BCUT2D eigenvalue weighted by molar-refractivity contribution is 6.10. The molecule has 1 fully saturated rings. The highest BCUT2D eigenvalue weighted by Crippen LogP contribution is 2.28. The number of nitrogens with one attached hydrogen (secondary N) is 1. The van der Waals surface area contributed by atoms with Gasteiger partial charge in [0, 0.05) is 11.6 Å². The Morgan fingerprint density at radius 1 is 1.35 bits per heavy atom. The van der Waals surface area contributed by atoms with E-state index < -0.39 is 11.8 Å². The van der Waals surface area contributed by atoms with Crippen LogP contribution in [0.2, 0.25) is 0 Å². The zero-order valence-corrected chi connectivity index (χ0v) is 11.6. The molecule has 1 aromatic rings. The summed E-state index contributed by atoms with van der Waals surface area (Å²) in [5.74, 6) is -2.06. The summed E-state index contributed by atoms with van der Waals surface area (Å²) in [4.78, 5) is 24.3. The van der Waals surface area contributed by atoms with Gasteiger partial charge in [-0.2, -0.15) is 5.26 Å². The molecule has 4 nitrogen and oxygen atoms in total. The van der Waals surface area contributed by atoms with Gasteiger partial charge in [-0.1, -0.05) is 25.0 Å². The Kier molecular flexibility index (Phi) is 4.52. The molecule has 1 atom stereocenters. The lowest BCUT2D eigenvalue weighted by molar-refractivity contribution is -0.131. The van der Waals surface area contributed by atoms with Gasteiger partial charge in [0.05, 0.1) is 6.07 Å². The Morgan fingerprint density at radius 2 is 2.05 bits per heavy atom. The molecule has 0 aliphatic heterocycles. The second-order valence-electron chi connectivity index (χ2n) is 5.30. The number of Topliss-reactive ketones (excluding diaryl/α,β-unsaturated/α-hetero) is 1. The summed E-state index contributed by atoms with van der Waals surface area (Å²) in [5.41, 5.74) is 1.63. The van der Waals surface area contributed by atoms with E-state index in [0.29, 0.717) is 5.69 Å². The maximum absolute atomic E-state index is 12.2. The van der Waals surface area contributed by atoms with Crippen LogP contribution in [-0.2, 0) is 9.59 Å². The van der Waals surface area contributed by atoms with Crippen LogP contribution in [0, 0.1) is 30.1 Å². The Balaban J connectivity index is 2.05. The van der Waals surface area contributed by atoms with E-state index in [2.05, 4.69) is 5.32 Å². The average molecular weight is 270 g/mol. The first-order valence-electron chi connectivity index (χ1n) is 6.92. The smallest absolute Gasteiger partial charge is 0.249 e. The molecule has 0 aromatic heterocycles. The number of rotatable bonds is 4. The molecule has 0 spiro atoms. The summed E-state index contributed by atoms with van der Waals surface area (Å²) in [6.07, 6.45) is 3.62. The molecule has 1 aliphatic carbocycles. The summed E-state index contributed by atoms with van der Waals surface area (Å²) in [6, 6.07) is 9.16. The number of benzene rings is 1. The lowest BCUT2D eigenvalue weighted by Gasteiger charge is -2.13. The van der Waals surface area contributed by atoms with Gasteiger partial charge >= 0.3 is 0 Å². The summed E-state index contributed by atoms with van der Waals surface area (Å²) >= 11 is 0. The lowest BCUT2D eigenvalue weighted by atomic mass is 9.92. The van der Waals surface area contributed by atoms with Crippen LogP contribution in [-0.4, -0.2) is 11.7 Å². The van der Waals surface area contributed by atoms with Crippen molar-refractivity contribution >= 4 is 17.4 Å². The fourth-order valence-electron chi connectivity index (χ4n) is 2.63. The first-order valence-corrected chi connectivity index (χ1v) is 6.92. The first kappa shape index (κ1) is 14.3. The molecule has 0 bridgehead atoms. The van der Waals surface area contributed by atoms with Crippen LogP contribution in [0.3, 0.4) is 0 Å². The van der Waals surface area contributed by atoms with Gasteiger partial charge in [-0.25, -0.2) is 0 Å². The number of nitriles is 1. The summed E-state index contributed by atoms with van der Waals surface area (Å²) < 4.78 is 0. The van der Waals surface area contributed by atoms with Crippen molar-refractivity contribution < 1.29 is 9.59 Å². The van der Waals surface area contributed by atoms with Crippen molar-refractivity contribution in [1.82, 2.24) is 0 Å². The third-order valence-corrected chi connectivity index (χ3v) is 3.72. The standard InChI is InChI=1S/C16H18N2O2/c1-11-5-4-8-13(9-11)18-16(20)14(10-17)15(19)12-6-2-3-7-12/h4-5,8-9,12,14H,2-3,6-7H2,1H3,(H,18,20)/t14-/m1/s1. The SMILES string of the molecule is Cc1cccc(NC(=O)[C@H](C#N)C(=O)C2CCCC2)c1. The van der Waals surface area contributed by atoms with E-state index in [1.54, 1.807) is 6.07 Å². The molecule has 2 rings (SSSR count). The van der Waals surface area contributed by atoms with E-state index in [9.17, 15) is 9.59 Å². The van der Waals surface area contributed by atoms with Crippen molar-refractivity contribution in [3.63, 3.8) is 0 Å². The zero-order chi connectivity index (χ0) is 14.5. The van der Waals surface area contributed by atoms with Gasteiger partial charge in [0.25, 0.3) is 0 Å². The van der Waals surface area contributed by atoms with Crippen LogP contribution in [0.5, 0.6) is 0 Å². The molecule has 104 valence electrons. The molecular weight excluding hydrogens is 252 g/mol. The number of amides is 1. The molecule has 0 radical (unpaired) electrons. The van der Waals surface area contributed by atoms with Crippen molar-refractivity contribution in [2.75, 3.05) is 5.32 Å². The van der Waals surface area contributed by atoms with Gasteiger partial charge < -0.3 is 5.32 Å². The number of anilines is 1. The number of ketones is 1. The molecular formula is C16H18N2O2. The predicted molar refractivity (Wildman–Crippen MR) is 75.9 cm³/mol. The maximum Gasteiger partial charge on any atom is 0.249 e. The summed E-state index contributed by atoms with van der Waals surface area (Å²) in [6.45, 7) is 1.92. The summed E-state index contributed by atoms with van der Waals surface area (Å²) in [5, 5.41) is 11.8. The van der Waals surface area contributed by atoms with Gasteiger partial charge in [-0.3, -0.25) is 9.59 Å². The van der Waals surface area contributed by atoms with Crippen molar-refractivity contribution in [3.05, 3.63) is 29.8 Å². The Hall–Kier alpha value is -2.15. The van der Waals surface area contributed by atoms with E-state index in [1.807, 2.05) is 31.2 Å². The molecule has 0 unspecified atom stereocenters. The lowest BCUT2D eigenvalue weighted by Crippen LogP contribution is -2.32. The highest BCUT2D eigenvalue weighted by atomic mass is 16.2. The normalized spacial score (nSPS) is 16.4. The monoisotopic (exact) mass is 270 g/mol. The molecule has 0 heterocycles. The van der Waals surface area contributed by atoms with Gasteiger partial charge in [-0.05, 0) is 37.5 Å². The molecule has 1 N–H and O–H groups in total. The van der Waals surface area contributed by atoms with Crippen LogP contribution >= 0.6 is 0 Å². The van der Waals surface area contributed by atoms with Crippen LogP contribution in [0.15, 0.2) is 24.3 Å². The summed E-state index contributed by atoms with van der Waals surface area (Å²) in [7, 11) is 0. The van der Waals surface area contributed by atoms with E-state index in [0.717, 1.165) is 31.2 Å². The number of hydrogen-bond donors (Lipinski definition) is 1. The maximum atomic E-state index is 12.2. The molecule has 1 aliphatic rings. The molecule has 4 heteroatoms. The van der Waals surface area contributed by atoms with Crippen LogP contribution in [0.1, 0.15) is 31.2 Å². The molecule has 1 saturated carbocycles. The van der Waals surface area contributed by atoms with Crippen molar-refractivity contribution in [2.24, 2.45) is 11.8 Å². The Bertz CT molecular complexity index is 554. The van der Waals surface area contributed by atoms with Gasteiger partial charge in [0.1, 0.15) is 0 Å². The minimum Gasteiger partial charge on any atom is -0.325 e. The zero-order valence-electron chi connectivity index (χ0n) is 11.6. The van der Waals surface area contributed by atoms with Gasteiger partial charge in [-0.15, -0.1) is 0 Å². The molecule has 1 aromatic carbocycles. The van der Waals surface area contributed by atoms with Gasteiger partial charge in [0.2, 0.25) is 5.91 Å². The third-order valence-electron chi connectivity index (χ3n) is 3.72. The van der Waals surface area contributed by atoms with Crippen LogP contribution < -0.4 is 5.32 Å². The van der Waals surface area contributed by atoms with E-state index in [-0.39, 0.29) is 11.7 Å². The number of nitrogens with zero attached hydrogens (tertiary/aromatic N) is 1. The number of carbonyl (C=O) groups excluding carboxylic acids is 2. The van der Waals surface area contributed by atoms with E-state index >= 15 is 0 Å². The van der Waals surface area contributed by atoms with Crippen molar-refractivity contribution in [2.45, 2.75) is 32.6 Å². The molecule has 1 amide bonds. The van der Waals surface area contributed by atoms with Crippen molar-refractivity contribution in [3.8, 4) is 6.07 Å². The fourth-order valence-corrected chi connectivity index (χ4v) is 2.63. The quantitative estimate of drug-likeness (QED) is 0.855. The van der Waals surface area contributed by atoms with Crippen molar-refractivity contribution in [1.29, 1.82) is 5.26 Å². The van der Waals surface area contributed by atoms with E-state index in [4.69, 9.17) is 5.26 Å². The Morgan fingerprint density at radius 3 is 2.65 bits per heavy atom. The number of carbonyl (C=O) groups is 2. The van der Waals surface area contributed by atoms with Crippen LogP contribution in [0.4, 0.5) is 5.69 Å². The topological polar surface area (TPSA) is 70.0 Å². The number of aryl methyl sites for hydroxylation is 1. The molecule has 20 heavy (non-hydrogen) atoms. The minimum absolute atomic E-state index is 0.122. The first-order chi connectivity index (χ1) is 9.61. The largest absolute Gasteiger partial charge is 0.325 e. The second kappa shape index (κ2) is 6.33. The fraction of sp³-hybridized carbons (Fsp3) is 0.438. The average Bonchev–Trinajstić information content (AvgIpc) is 2.93. The highest BCUT2D eigenvalue weighted by Gasteiger charge is 2.33.